The first kappa shape index (κ1) is 29.8. The molecular formula is C30H39F3N8O2. The fraction of sp³-hybridized carbons (Fsp3) is 0.600. The van der Waals surface area contributed by atoms with Crippen LogP contribution in [0.2, 0.25) is 0 Å². The molecule has 2 aliphatic rings. The highest BCUT2D eigenvalue weighted by Gasteiger charge is 2.46. The van der Waals surface area contributed by atoms with Gasteiger partial charge in [0.25, 0.3) is 0 Å². The largest absolute Gasteiger partial charge is 0.401 e. The van der Waals surface area contributed by atoms with E-state index in [0.717, 1.165) is 29.7 Å². The van der Waals surface area contributed by atoms with Crippen molar-refractivity contribution < 1.29 is 23.0 Å². The Morgan fingerprint density at radius 1 is 1.16 bits per heavy atom. The molecule has 0 spiro atoms. The molecule has 1 saturated carbocycles. The van der Waals surface area contributed by atoms with E-state index in [1.165, 1.54) is 23.1 Å². The number of anilines is 1. The molecule has 0 unspecified atom stereocenters. The van der Waals surface area contributed by atoms with Gasteiger partial charge in [-0.15, -0.1) is 0 Å². The molecule has 4 N–H and O–H groups in total. The number of aliphatic hydroxyl groups is 1. The van der Waals surface area contributed by atoms with Gasteiger partial charge in [0.1, 0.15) is 23.9 Å². The third-order valence-corrected chi connectivity index (χ3v) is 9.06. The standard InChI is InChI=1S/C30H39F3N8O2/c1-16-25(42)22(43-28(16)41-15-37-24-26(34)35-14-36-27(24)41)12-40(13-30(31,32)33)19-9-17(10-19)5-8-23-38-20-7-6-18(29(2,3)4)11-21(20)39-23/h6-7,11,14-17,19,22,25,28,42H,5,8-10,12-13H2,1-4H3,(H,38,39)(H2,34,35,36)/t16-,17?,19?,22-,25+,28-/m1/s1. The summed E-state index contributed by atoms with van der Waals surface area (Å²) in [7, 11) is 0. The molecule has 0 radical (unpaired) electrons. The number of nitrogens with zero attached hydrogens (tertiary/aromatic N) is 6. The lowest BCUT2D eigenvalue weighted by Gasteiger charge is -2.44. The second-order valence-electron chi connectivity index (χ2n) is 13.2. The number of rotatable bonds is 8. The van der Waals surface area contributed by atoms with Crippen LogP contribution >= 0.6 is 0 Å². The summed E-state index contributed by atoms with van der Waals surface area (Å²) < 4.78 is 48.8. The third kappa shape index (κ3) is 6.07. The average Bonchev–Trinajstić information content (AvgIpc) is 3.58. The molecule has 1 aliphatic carbocycles. The predicted molar refractivity (Wildman–Crippen MR) is 156 cm³/mol. The van der Waals surface area contributed by atoms with E-state index in [0.29, 0.717) is 29.9 Å². The Labute approximate surface area is 247 Å². The summed E-state index contributed by atoms with van der Waals surface area (Å²) in [5.41, 5.74) is 9.97. The molecule has 1 aromatic carbocycles. The number of imidazole rings is 2. The van der Waals surface area contributed by atoms with Gasteiger partial charge in [0.15, 0.2) is 11.5 Å². The maximum absolute atomic E-state index is 13.7. The number of hydrogen-bond donors (Lipinski definition) is 3. The Bertz CT molecular complexity index is 1590. The SMILES string of the molecule is C[C@@H]1[C@H](O)[C@@H](CN(CC(F)(F)F)C2CC(CCc3nc4ccc(C(C)(C)C)cc4[nH]3)C2)O[C@H]1n1cnc2c(N)ncnc21. The lowest BCUT2D eigenvalue weighted by molar-refractivity contribution is -0.163. The molecule has 4 heterocycles. The van der Waals surface area contributed by atoms with Gasteiger partial charge < -0.3 is 20.6 Å². The topological polar surface area (TPSA) is 131 Å². The molecule has 1 aliphatic heterocycles. The summed E-state index contributed by atoms with van der Waals surface area (Å²) in [6.07, 6.45) is -1.02. The van der Waals surface area contributed by atoms with Crippen molar-refractivity contribution >= 4 is 28.0 Å². The van der Waals surface area contributed by atoms with E-state index in [9.17, 15) is 18.3 Å². The summed E-state index contributed by atoms with van der Waals surface area (Å²) in [5.74, 6) is 1.03. The van der Waals surface area contributed by atoms with Crippen LogP contribution in [-0.2, 0) is 16.6 Å². The van der Waals surface area contributed by atoms with Crippen molar-refractivity contribution in [1.82, 2.24) is 34.4 Å². The van der Waals surface area contributed by atoms with Crippen LogP contribution in [0.15, 0.2) is 30.9 Å². The van der Waals surface area contributed by atoms with Crippen molar-refractivity contribution in [3.8, 4) is 0 Å². The number of fused-ring (bicyclic) bond motifs is 2. The number of hydrogen-bond acceptors (Lipinski definition) is 8. The van der Waals surface area contributed by atoms with Crippen molar-refractivity contribution in [2.45, 2.75) is 89.4 Å². The molecule has 13 heteroatoms. The van der Waals surface area contributed by atoms with Gasteiger partial charge >= 0.3 is 6.18 Å². The number of aliphatic hydroxyl groups excluding tert-OH is 1. The van der Waals surface area contributed by atoms with Gasteiger partial charge in [-0.05, 0) is 48.3 Å². The van der Waals surface area contributed by atoms with Gasteiger partial charge in [-0.1, -0.05) is 33.8 Å². The lowest BCUT2D eigenvalue weighted by atomic mass is 9.76. The Morgan fingerprint density at radius 3 is 2.65 bits per heavy atom. The third-order valence-electron chi connectivity index (χ3n) is 9.06. The van der Waals surface area contributed by atoms with E-state index in [4.69, 9.17) is 15.5 Å². The quantitative estimate of drug-likeness (QED) is 0.264. The fourth-order valence-corrected chi connectivity index (χ4v) is 6.44. The first-order chi connectivity index (χ1) is 20.3. The zero-order valence-corrected chi connectivity index (χ0v) is 24.8. The number of nitrogen functional groups attached to an aromatic ring is 1. The molecule has 43 heavy (non-hydrogen) atoms. The molecule has 10 nitrogen and oxygen atoms in total. The highest BCUT2D eigenvalue weighted by molar-refractivity contribution is 5.81. The van der Waals surface area contributed by atoms with Crippen LogP contribution in [0.5, 0.6) is 0 Å². The minimum Gasteiger partial charge on any atom is -0.390 e. The number of benzene rings is 1. The molecule has 232 valence electrons. The van der Waals surface area contributed by atoms with Gasteiger partial charge in [0.2, 0.25) is 0 Å². The average molecular weight is 601 g/mol. The molecule has 4 atom stereocenters. The van der Waals surface area contributed by atoms with Crippen LogP contribution in [0.4, 0.5) is 19.0 Å². The smallest absolute Gasteiger partial charge is 0.390 e. The number of alkyl halides is 3. The lowest BCUT2D eigenvalue weighted by Crippen LogP contribution is -2.52. The van der Waals surface area contributed by atoms with Gasteiger partial charge in [0, 0.05) is 24.9 Å². The van der Waals surface area contributed by atoms with Crippen molar-refractivity contribution in [2.75, 3.05) is 18.8 Å². The normalized spacial score (nSPS) is 26.5. The molecule has 6 rings (SSSR count). The highest BCUT2D eigenvalue weighted by atomic mass is 19.4. The van der Waals surface area contributed by atoms with Crippen molar-refractivity contribution in [3.05, 3.63) is 42.2 Å². The van der Waals surface area contributed by atoms with Crippen LogP contribution in [0.3, 0.4) is 0 Å². The predicted octanol–water partition coefficient (Wildman–Crippen LogP) is 4.75. The van der Waals surface area contributed by atoms with E-state index in [-0.39, 0.29) is 23.8 Å². The van der Waals surface area contributed by atoms with E-state index in [2.05, 4.69) is 52.8 Å². The molecule has 1 saturated heterocycles. The zero-order valence-electron chi connectivity index (χ0n) is 24.8. The number of aromatic nitrogens is 6. The second-order valence-corrected chi connectivity index (χ2v) is 13.2. The van der Waals surface area contributed by atoms with Crippen LogP contribution in [0.25, 0.3) is 22.2 Å². The monoisotopic (exact) mass is 600 g/mol. The first-order valence-corrected chi connectivity index (χ1v) is 14.8. The number of aryl methyl sites for hydroxylation is 1. The summed E-state index contributed by atoms with van der Waals surface area (Å²) in [4.78, 5) is 22.0. The Hall–Kier alpha value is -3.29. The molecule has 3 aromatic heterocycles. The second kappa shape index (κ2) is 11.0. The van der Waals surface area contributed by atoms with E-state index < -0.39 is 37.1 Å². The molecule has 0 bridgehead atoms. The number of nitrogens with two attached hydrogens (primary N) is 1. The summed E-state index contributed by atoms with van der Waals surface area (Å²) >= 11 is 0. The Kier molecular flexibility index (Phi) is 7.62. The van der Waals surface area contributed by atoms with Gasteiger partial charge in [-0.3, -0.25) is 9.47 Å². The van der Waals surface area contributed by atoms with Crippen molar-refractivity contribution in [3.63, 3.8) is 0 Å². The molecule has 2 fully saturated rings. The van der Waals surface area contributed by atoms with Crippen LogP contribution in [0.1, 0.15) is 64.6 Å². The summed E-state index contributed by atoms with van der Waals surface area (Å²) in [6, 6.07) is 6.05. The highest BCUT2D eigenvalue weighted by Crippen LogP contribution is 2.40. The maximum atomic E-state index is 13.7. The van der Waals surface area contributed by atoms with Crippen LogP contribution < -0.4 is 5.73 Å². The Morgan fingerprint density at radius 2 is 1.93 bits per heavy atom. The van der Waals surface area contributed by atoms with Gasteiger partial charge in [-0.2, -0.15) is 13.2 Å². The van der Waals surface area contributed by atoms with Gasteiger partial charge in [0.05, 0.1) is 36.1 Å². The molecule has 0 amide bonds. The first-order valence-electron chi connectivity index (χ1n) is 14.8. The van der Waals surface area contributed by atoms with Crippen LogP contribution in [0, 0.1) is 11.8 Å². The minimum absolute atomic E-state index is 0.0255. The van der Waals surface area contributed by atoms with E-state index in [1.807, 2.05) is 6.07 Å². The number of aromatic amines is 1. The molecular weight excluding hydrogens is 561 g/mol. The minimum atomic E-state index is -4.37. The fourth-order valence-electron chi connectivity index (χ4n) is 6.44. The molecule has 4 aromatic rings. The van der Waals surface area contributed by atoms with Crippen molar-refractivity contribution in [1.29, 1.82) is 0 Å². The van der Waals surface area contributed by atoms with E-state index in [1.54, 1.807) is 11.5 Å². The zero-order chi connectivity index (χ0) is 30.7. The summed E-state index contributed by atoms with van der Waals surface area (Å²) in [5, 5.41) is 11.0. The Balaban J connectivity index is 1.08. The number of nitrogens with one attached hydrogen (secondary N) is 1. The van der Waals surface area contributed by atoms with Gasteiger partial charge in [-0.25, -0.2) is 19.9 Å². The maximum Gasteiger partial charge on any atom is 0.401 e. The van der Waals surface area contributed by atoms with Crippen molar-refractivity contribution in [2.24, 2.45) is 11.8 Å². The number of ether oxygens (including phenoxy) is 1. The van der Waals surface area contributed by atoms with E-state index >= 15 is 0 Å². The number of halogens is 3. The van der Waals surface area contributed by atoms with Crippen LogP contribution in [-0.4, -0.2) is 77.0 Å². The number of H-pyrrole nitrogens is 1. The summed E-state index contributed by atoms with van der Waals surface area (Å²) in [6.45, 7) is 7.25.